The lowest BCUT2D eigenvalue weighted by Gasteiger charge is -2.25. The molecule has 100 valence electrons. The molecule has 1 aliphatic heterocycles. The lowest BCUT2D eigenvalue weighted by atomic mass is 10.4. The lowest BCUT2D eigenvalue weighted by Crippen LogP contribution is -2.44. The molecule has 0 aliphatic carbocycles. The molecule has 0 atom stereocenters. The molecule has 2 aromatic rings. The zero-order valence-corrected chi connectivity index (χ0v) is 10.00. The van der Waals surface area contributed by atoms with E-state index in [1.807, 2.05) is 4.90 Å². The van der Waals surface area contributed by atoms with Gasteiger partial charge < -0.3 is 14.6 Å². The van der Waals surface area contributed by atoms with Crippen LogP contribution >= 0.6 is 0 Å². The molecule has 1 saturated heterocycles. The quantitative estimate of drug-likeness (QED) is 0.608. The Morgan fingerprint density at radius 1 is 1.37 bits per heavy atom. The van der Waals surface area contributed by atoms with Gasteiger partial charge in [-0.25, -0.2) is 0 Å². The molecule has 0 spiro atoms. The van der Waals surface area contributed by atoms with Gasteiger partial charge in [-0.15, -0.1) is 5.10 Å². The van der Waals surface area contributed by atoms with Crippen molar-refractivity contribution in [2.24, 2.45) is 0 Å². The van der Waals surface area contributed by atoms with Gasteiger partial charge in [0.05, 0.1) is 6.07 Å². The summed E-state index contributed by atoms with van der Waals surface area (Å²) in [5.41, 5.74) is 0. The minimum absolute atomic E-state index is 0.306. The molecule has 19 heavy (non-hydrogen) atoms. The molecular formula is C10H12N6O3. The number of hydrogen-bond donors (Lipinski definition) is 2. The van der Waals surface area contributed by atoms with Gasteiger partial charge in [0.15, 0.2) is 11.6 Å². The van der Waals surface area contributed by atoms with Crippen LogP contribution in [0.4, 0.5) is 11.8 Å². The fraction of sp³-hybridized carbons (Fsp3) is 0.400. The molecule has 1 aliphatic rings. The average Bonchev–Trinajstić information content (AvgIpc) is 3.09. The first-order chi connectivity index (χ1) is 9.24. The Hall–Kier alpha value is -2.42. The van der Waals surface area contributed by atoms with Crippen molar-refractivity contribution in [2.75, 3.05) is 31.1 Å². The number of nitro groups is 1. The summed E-state index contributed by atoms with van der Waals surface area (Å²) < 4.78 is 5.07. The van der Waals surface area contributed by atoms with Gasteiger partial charge in [-0.3, -0.25) is 15.2 Å². The molecule has 2 N–H and O–H groups in total. The van der Waals surface area contributed by atoms with E-state index >= 15 is 0 Å². The highest BCUT2D eigenvalue weighted by Gasteiger charge is 2.19. The monoisotopic (exact) mass is 264 g/mol. The number of anilines is 1. The van der Waals surface area contributed by atoms with Gasteiger partial charge in [-0.2, -0.15) is 4.98 Å². The van der Waals surface area contributed by atoms with E-state index in [9.17, 15) is 10.1 Å². The highest BCUT2D eigenvalue weighted by molar-refractivity contribution is 5.51. The number of aromatic nitrogens is 3. The van der Waals surface area contributed by atoms with Crippen LogP contribution in [0, 0.1) is 10.1 Å². The van der Waals surface area contributed by atoms with Gasteiger partial charge in [-0.05, 0) is 6.07 Å². The third kappa shape index (κ3) is 2.27. The number of nitrogens with one attached hydrogen (secondary N) is 2. The standard InChI is InChI=1S/C10H12N6O3/c17-16(18)8-2-1-7(19-8)9-12-10(14-13-9)15-5-3-11-4-6-15/h1-2,11H,3-6H2,(H,12,13,14). The zero-order chi connectivity index (χ0) is 13.2. The summed E-state index contributed by atoms with van der Waals surface area (Å²) >= 11 is 0. The fourth-order valence-corrected chi connectivity index (χ4v) is 1.92. The van der Waals surface area contributed by atoms with Gasteiger partial charge in [0.1, 0.15) is 4.92 Å². The van der Waals surface area contributed by atoms with E-state index in [1.54, 1.807) is 0 Å². The molecule has 0 aromatic carbocycles. The first-order valence-electron chi connectivity index (χ1n) is 5.87. The van der Waals surface area contributed by atoms with E-state index < -0.39 is 4.92 Å². The Bertz CT molecular complexity index is 586. The van der Waals surface area contributed by atoms with Crippen molar-refractivity contribution in [2.45, 2.75) is 0 Å². The number of nitrogens with zero attached hydrogens (tertiary/aromatic N) is 4. The van der Waals surface area contributed by atoms with Gasteiger partial charge >= 0.3 is 5.88 Å². The Balaban J connectivity index is 1.81. The number of piperazine rings is 1. The molecule has 0 saturated carbocycles. The van der Waals surface area contributed by atoms with E-state index in [0.717, 1.165) is 26.2 Å². The number of H-pyrrole nitrogens is 1. The Labute approximate surface area is 107 Å². The Kier molecular flexibility index (Phi) is 2.88. The molecule has 0 unspecified atom stereocenters. The molecule has 3 heterocycles. The van der Waals surface area contributed by atoms with Crippen LogP contribution in [0.5, 0.6) is 0 Å². The third-order valence-corrected chi connectivity index (χ3v) is 2.88. The second-order valence-corrected chi connectivity index (χ2v) is 4.12. The molecule has 0 bridgehead atoms. The SMILES string of the molecule is O=[N+]([O-])c1ccc(-c2nc(N3CCNCC3)n[nH]2)o1. The molecule has 9 nitrogen and oxygen atoms in total. The number of aromatic amines is 1. The van der Waals surface area contributed by atoms with Gasteiger partial charge in [0.2, 0.25) is 5.95 Å². The summed E-state index contributed by atoms with van der Waals surface area (Å²) in [6.45, 7) is 3.43. The summed E-state index contributed by atoms with van der Waals surface area (Å²) in [5, 5.41) is 20.6. The first-order valence-corrected chi connectivity index (χ1v) is 5.87. The topological polar surface area (TPSA) is 113 Å². The van der Waals surface area contributed by atoms with E-state index in [-0.39, 0.29) is 5.88 Å². The lowest BCUT2D eigenvalue weighted by molar-refractivity contribution is -0.401. The van der Waals surface area contributed by atoms with Crippen molar-refractivity contribution in [3.8, 4) is 11.6 Å². The predicted molar refractivity (Wildman–Crippen MR) is 65.8 cm³/mol. The maximum Gasteiger partial charge on any atom is 0.433 e. The van der Waals surface area contributed by atoms with E-state index in [1.165, 1.54) is 12.1 Å². The summed E-state index contributed by atoms with van der Waals surface area (Å²) in [5.74, 6) is 0.966. The molecule has 1 fully saturated rings. The smallest absolute Gasteiger partial charge is 0.397 e. The predicted octanol–water partition coefficient (Wildman–Crippen LogP) is 0.382. The normalized spacial score (nSPS) is 15.7. The molecule has 9 heteroatoms. The zero-order valence-electron chi connectivity index (χ0n) is 10.00. The van der Waals surface area contributed by atoms with Crippen LogP contribution in [-0.4, -0.2) is 46.3 Å². The van der Waals surface area contributed by atoms with E-state index in [4.69, 9.17) is 4.42 Å². The number of furan rings is 1. The van der Waals surface area contributed by atoms with Gasteiger partial charge in [0, 0.05) is 26.2 Å². The molecular weight excluding hydrogens is 252 g/mol. The minimum atomic E-state index is -0.586. The van der Waals surface area contributed by atoms with E-state index in [2.05, 4.69) is 20.5 Å². The van der Waals surface area contributed by atoms with Gasteiger partial charge in [-0.1, -0.05) is 0 Å². The molecule has 3 rings (SSSR count). The summed E-state index contributed by atoms with van der Waals surface area (Å²) in [4.78, 5) is 16.3. The van der Waals surface area contributed by atoms with Crippen molar-refractivity contribution in [3.63, 3.8) is 0 Å². The number of rotatable bonds is 3. The van der Waals surface area contributed by atoms with Crippen LogP contribution in [-0.2, 0) is 0 Å². The van der Waals surface area contributed by atoms with Crippen molar-refractivity contribution in [3.05, 3.63) is 22.2 Å². The minimum Gasteiger partial charge on any atom is -0.397 e. The average molecular weight is 264 g/mol. The second kappa shape index (κ2) is 4.69. The highest BCUT2D eigenvalue weighted by atomic mass is 16.6. The van der Waals surface area contributed by atoms with Crippen LogP contribution in [0.15, 0.2) is 16.5 Å². The Morgan fingerprint density at radius 2 is 2.16 bits per heavy atom. The maximum absolute atomic E-state index is 10.5. The number of hydrogen-bond acceptors (Lipinski definition) is 7. The van der Waals surface area contributed by atoms with Crippen LogP contribution in [0.1, 0.15) is 0 Å². The maximum atomic E-state index is 10.5. The fourth-order valence-electron chi connectivity index (χ4n) is 1.92. The molecule has 0 radical (unpaired) electrons. The third-order valence-electron chi connectivity index (χ3n) is 2.88. The van der Waals surface area contributed by atoms with Crippen LogP contribution < -0.4 is 10.2 Å². The van der Waals surface area contributed by atoms with Crippen molar-refractivity contribution < 1.29 is 9.34 Å². The molecule has 2 aromatic heterocycles. The summed E-state index contributed by atoms with van der Waals surface area (Å²) in [6, 6.07) is 2.79. The molecule has 0 amide bonds. The second-order valence-electron chi connectivity index (χ2n) is 4.12. The van der Waals surface area contributed by atoms with Crippen LogP contribution in [0.2, 0.25) is 0 Å². The van der Waals surface area contributed by atoms with Crippen molar-refractivity contribution in [1.29, 1.82) is 0 Å². The largest absolute Gasteiger partial charge is 0.433 e. The summed E-state index contributed by atoms with van der Waals surface area (Å²) in [6.07, 6.45) is 0. The van der Waals surface area contributed by atoms with Gasteiger partial charge in [0.25, 0.3) is 0 Å². The van der Waals surface area contributed by atoms with Crippen molar-refractivity contribution >= 4 is 11.8 Å². The van der Waals surface area contributed by atoms with E-state index in [0.29, 0.717) is 17.5 Å². The summed E-state index contributed by atoms with van der Waals surface area (Å²) in [7, 11) is 0. The van der Waals surface area contributed by atoms with Crippen LogP contribution in [0.3, 0.4) is 0 Å². The van der Waals surface area contributed by atoms with Crippen LogP contribution in [0.25, 0.3) is 11.6 Å². The Morgan fingerprint density at radius 3 is 2.84 bits per heavy atom. The first kappa shape index (κ1) is 11.7. The highest BCUT2D eigenvalue weighted by Crippen LogP contribution is 2.24. The van der Waals surface area contributed by atoms with Crippen molar-refractivity contribution in [1.82, 2.24) is 20.5 Å².